The van der Waals surface area contributed by atoms with Crippen molar-refractivity contribution >= 4 is 45.1 Å². The lowest BCUT2D eigenvalue weighted by Crippen LogP contribution is -2.18. The fraction of sp³-hybridized carbons (Fsp3) is 0. The number of hydrogen-bond donors (Lipinski definition) is 2. The molecule has 0 spiro atoms. The summed E-state index contributed by atoms with van der Waals surface area (Å²) in [5.74, 6) is -0.486. The number of carbonyl (C=O) groups is 1. The zero-order valence-electron chi connectivity index (χ0n) is 12.5. The molecule has 0 unspecified atom stereocenters. The molecular weight excluding hydrogens is 410 g/mol. The van der Waals surface area contributed by atoms with Crippen LogP contribution < -0.4 is 5.43 Å². The molecule has 0 radical (unpaired) electrons. The van der Waals surface area contributed by atoms with Crippen LogP contribution in [-0.2, 0) is 0 Å². The van der Waals surface area contributed by atoms with Gasteiger partial charge in [-0.2, -0.15) is 10.2 Å². The molecule has 2 N–H and O–H groups in total. The molecule has 3 rings (SSSR count). The third kappa shape index (κ3) is 4.17. The van der Waals surface area contributed by atoms with E-state index in [1.807, 2.05) is 12.1 Å². The van der Waals surface area contributed by atoms with Gasteiger partial charge in [0.15, 0.2) is 5.69 Å². The van der Waals surface area contributed by atoms with Crippen LogP contribution in [0, 0.1) is 10.1 Å². The fourth-order valence-corrected chi connectivity index (χ4v) is 3.32. The highest BCUT2D eigenvalue weighted by molar-refractivity contribution is 9.11. The summed E-state index contributed by atoms with van der Waals surface area (Å²) in [5, 5.41) is 21.3. The Morgan fingerprint density at radius 2 is 2.20 bits per heavy atom. The second-order valence-corrected chi connectivity index (χ2v) is 7.28. The minimum Gasteiger partial charge on any atom is -0.276 e. The van der Waals surface area contributed by atoms with Crippen molar-refractivity contribution in [1.82, 2.24) is 15.6 Å². The van der Waals surface area contributed by atoms with Crippen LogP contribution in [0.1, 0.15) is 16.1 Å². The van der Waals surface area contributed by atoms with Crippen LogP contribution in [0.5, 0.6) is 0 Å². The Balaban J connectivity index is 1.66. The largest absolute Gasteiger partial charge is 0.291 e. The van der Waals surface area contributed by atoms with Crippen LogP contribution in [0.15, 0.2) is 51.4 Å². The number of nitro benzene ring substituents is 1. The molecule has 0 saturated carbocycles. The number of amides is 1. The van der Waals surface area contributed by atoms with E-state index in [0.29, 0.717) is 5.56 Å². The van der Waals surface area contributed by atoms with Crippen molar-refractivity contribution in [2.45, 2.75) is 0 Å². The van der Waals surface area contributed by atoms with E-state index < -0.39 is 10.8 Å². The maximum atomic E-state index is 12.0. The number of H-pyrrole nitrogens is 1. The Hall–Kier alpha value is -2.85. The third-order valence-electron chi connectivity index (χ3n) is 3.11. The Morgan fingerprint density at radius 3 is 2.92 bits per heavy atom. The number of aromatic nitrogens is 2. The SMILES string of the molecule is O=C(NN=Cc1cccc([N+](=O)[O-])c1)c1cc(-c2ccc(Br)s2)[nH]n1. The summed E-state index contributed by atoms with van der Waals surface area (Å²) in [6.07, 6.45) is 1.33. The number of thiophene rings is 1. The van der Waals surface area contributed by atoms with Crippen molar-refractivity contribution in [3.63, 3.8) is 0 Å². The normalized spacial score (nSPS) is 10.9. The maximum Gasteiger partial charge on any atom is 0.291 e. The number of non-ortho nitro benzene ring substituents is 1. The Bertz CT molecular complexity index is 965. The highest BCUT2D eigenvalue weighted by Crippen LogP contribution is 2.30. The van der Waals surface area contributed by atoms with Crippen LogP contribution in [0.2, 0.25) is 0 Å². The van der Waals surface area contributed by atoms with E-state index in [-0.39, 0.29) is 11.4 Å². The van der Waals surface area contributed by atoms with Gasteiger partial charge >= 0.3 is 0 Å². The topological polar surface area (TPSA) is 113 Å². The van der Waals surface area contributed by atoms with Crippen molar-refractivity contribution in [2.75, 3.05) is 0 Å². The van der Waals surface area contributed by atoms with E-state index in [2.05, 4.69) is 36.7 Å². The number of aromatic amines is 1. The zero-order valence-corrected chi connectivity index (χ0v) is 14.9. The predicted molar refractivity (Wildman–Crippen MR) is 97.8 cm³/mol. The van der Waals surface area contributed by atoms with Crippen LogP contribution in [0.3, 0.4) is 0 Å². The molecule has 2 heterocycles. The van der Waals surface area contributed by atoms with Gasteiger partial charge in [0.1, 0.15) is 0 Å². The number of rotatable bonds is 5. The zero-order chi connectivity index (χ0) is 17.8. The molecule has 1 aromatic carbocycles. The van der Waals surface area contributed by atoms with Gasteiger partial charge in [-0.05, 0) is 34.1 Å². The number of halogens is 1. The van der Waals surface area contributed by atoms with Crippen molar-refractivity contribution in [3.8, 4) is 10.6 Å². The summed E-state index contributed by atoms with van der Waals surface area (Å²) in [6.45, 7) is 0. The minimum absolute atomic E-state index is 0.0469. The molecule has 0 aliphatic heterocycles. The average Bonchev–Trinajstić information content (AvgIpc) is 3.24. The number of nitrogens with one attached hydrogen (secondary N) is 2. The summed E-state index contributed by atoms with van der Waals surface area (Å²) < 4.78 is 0.977. The predicted octanol–water partition coefficient (Wildman–Crippen LogP) is 3.57. The molecule has 0 bridgehead atoms. The van der Waals surface area contributed by atoms with Crippen molar-refractivity contribution < 1.29 is 9.72 Å². The van der Waals surface area contributed by atoms with Crippen LogP contribution in [-0.4, -0.2) is 27.2 Å². The van der Waals surface area contributed by atoms with Crippen LogP contribution in [0.25, 0.3) is 10.6 Å². The second kappa shape index (κ2) is 7.36. The summed E-state index contributed by atoms with van der Waals surface area (Å²) in [5.41, 5.74) is 3.71. The number of nitrogens with zero attached hydrogens (tertiary/aromatic N) is 3. The lowest BCUT2D eigenvalue weighted by Gasteiger charge is -1.96. The molecular formula is C15H10BrN5O3S. The molecule has 25 heavy (non-hydrogen) atoms. The minimum atomic E-state index is -0.496. The third-order valence-corrected chi connectivity index (χ3v) is 4.77. The van der Waals surface area contributed by atoms with E-state index >= 15 is 0 Å². The van der Waals surface area contributed by atoms with Gasteiger partial charge < -0.3 is 0 Å². The van der Waals surface area contributed by atoms with Crippen molar-refractivity contribution in [2.24, 2.45) is 5.10 Å². The molecule has 2 aromatic heterocycles. The van der Waals surface area contributed by atoms with Gasteiger partial charge in [-0.15, -0.1) is 11.3 Å². The maximum absolute atomic E-state index is 12.0. The molecule has 126 valence electrons. The molecule has 0 fully saturated rings. The van der Waals surface area contributed by atoms with Gasteiger partial charge in [0.2, 0.25) is 0 Å². The second-order valence-electron chi connectivity index (χ2n) is 4.82. The highest BCUT2D eigenvalue weighted by Gasteiger charge is 2.12. The molecule has 0 saturated heterocycles. The van der Waals surface area contributed by atoms with E-state index in [0.717, 1.165) is 14.4 Å². The number of hydrogen-bond acceptors (Lipinski definition) is 6. The van der Waals surface area contributed by atoms with Gasteiger partial charge in [-0.1, -0.05) is 12.1 Å². The van der Waals surface area contributed by atoms with Gasteiger partial charge in [0, 0.05) is 17.7 Å². The van der Waals surface area contributed by atoms with Crippen LogP contribution >= 0.6 is 27.3 Å². The van der Waals surface area contributed by atoms with Gasteiger partial charge in [-0.3, -0.25) is 20.0 Å². The molecule has 0 aliphatic rings. The lowest BCUT2D eigenvalue weighted by atomic mass is 10.2. The standard InChI is InChI=1S/C15H10BrN5O3S/c16-14-5-4-13(25-14)11-7-12(19-18-11)15(22)20-17-8-9-2-1-3-10(6-9)21(23)24/h1-8H,(H,18,19)(H,20,22). The summed E-state index contributed by atoms with van der Waals surface area (Å²) >= 11 is 4.89. The van der Waals surface area contributed by atoms with Crippen LogP contribution in [0.4, 0.5) is 5.69 Å². The van der Waals surface area contributed by atoms with Crippen molar-refractivity contribution in [3.05, 3.63) is 67.6 Å². The molecule has 8 nitrogen and oxygen atoms in total. The first kappa shape index (κ1) is 17.0. The Labute approximate surface area is 153 Å². The fourth-order valence-electron chi connectivity index (χ4n) is 1.96. The summed E-state index contributed by atoms with van der Waals surface area (Å²) in [4.78, 5) is 23.2. The van der Waals surface area contributed by atoms with E-state index in [9.17, 15) is 14.9 Å². The molecule has 0 atom stereocenters. The highest BCUT2D eigenvalue weighted by atomic mass is 79.9. The smallest absolute Gasteiger partial charge is 0.276 e. The molecule has 0 aliphatic carbocycles. The number of benzene rings is 1. The average molecular weight is 420 g/mol. The van der Waals surface area contributed by atoms with Gasteiger partial charge in [0.25, 0.3) is 11.6 Å². The summed E-state index contributed by atoms with van der Waals surface area (Å²) in [6, 6.07) is 11.4. The lowest BCUT2D eigenvalue weighted by molar-refractivity contribution is -0.384. The van der Waals surface area contributed by atoms with E-state index in [1.54, 1.807) is 18.2 Å². The van der Waals surface area contributed by atoms with Gasteiger partial charge in [-0.25, -0.2) is 5.43 Å². The summed E-state index contributed by atoms with van der Waals surface area (Å²) in [7, 11) is 0. The first-order chi connectivity index (χ1) is 12.0. The molecule has 10 heteroatoms. The number of nitro groups is 1. The first-order valence-corrected chi connectivity index (χ1v) is 8.53. The van der Waals surface area contributed by atoms with Crippen molar-refractivity contribution in [1.29, 1.82) is 0 Å². The van der Waals surface area contributed by atoms with E-state index in [1.165, 1.54) is 29.7 Å². The molecule has 1 amide bonds. The van der Waals surface area contributed by atoms with Gasteiger partial charge in [0.05, 0.1) is 25.5 Å². The van der Waals surface area contributed by atoms with E-state index in [4.69, 9.17) is 0 Å². The quantitative estimate of drug-likeness (QED) is 0.373. The Kier molecular flexibility index (Phi) is 5.00. The Morgan fingerprint density at radius 1 is 1.36 bits per heavy atom. The first-order valence-electron chi connectivity index (χ1n) is 6.92. The number of hydrazone groups is 1. The number of carbonyl (C=O) groups excluding carboxylic acids is 1. The molecule has 3 aromatic rings. The monoisotopic (exact) mass is 419 g/mol.